The predicted octanol–water partition coefficient (Wildman–Crippen LogP) is 0.338. The number of ether oxygens (including phenoxy) is 1. The highest BCUT2D eigenvalue weighted by Gasteiger charge is 2.30. The van der Waals surface area contributed by atoms with E-state index < -0.39 is 24.0 Å². The second kappa shape index (κ2) is 5.63. The summed E-state index contributed by atoms with van der Waals surface area (Å²) in [4.78, 5) is 22.6. The van der Waals surface area contributed by atoms with Gasteiger partial charge in [-0.1, -0.05) is 13.8 Å². The van der Waals surface area contributed by atoms with Gasteiger partial charge in [-0.3, -0.25) is 9.48 Å². The fourth-order valence-electron chi connectivity index (χ4n) is 1.70. The molecule has 0 aliphatic carbocycles. The molecule has 0 aliphatic heterocycles. The van der Waals surface area contributed by atoms with E-state index in [9.17, 15) is 9.59 Å². The molecule has 7 nitrogen and oxygen atoms in total. The highest BCUT2D eigenvalue weighted by molar-refractivity contribution is 5.76. The Bertz CT molecular complexity index is 441. The Morgan fingerprint density at radius 3 is 2.56 bits per heavy atom. The van der Waals surface area contributed by atoms with Crippen molar-refractivity contribution < 1.29 is 19.4 Å². The zero-order chi connectivity index (χ0) is 13.9. The summed E-state index contributed by atoms with van der Waals surface area (Å²) in [7, 11) is 1.28. The van der Waals surface area contributed by atoms with Crippen LogP contribution >= 0.6 is 0 Å². The molecule has 0 saturated heterocycles. The lowest BCUT2D eigenvalue weighted by Crippen LogP contribution is -2.32. The van der Waals surface area contributed by atoms with E-state index in [1.165, 1.54) is 24.1 Å². The molecule has 0 radical (unpaired) electrons. The van der Waals surface area contributed by atoms with Crippen molar-refractivity contribution in [1.82, 2.24) is 9.78 Å². The molecule has 0 saturated carbocycles. The number of nitrogens with zero attached hydrogens (tertiary/aromatic N) is 2. The van der Waals surface area contributed by atoms with Crippen molar-refractivity contribution in [2.24, 2.45) is 11.7 Å². The summed E-state index contributed by atoms with van der Waals surface area (Å²) in [6, 6.07) is -0.430. The summed E-state index contributed by atoms with van der Waals surface area (Å²) in [5.41, 5.74) is 5.82. The molecule has 1 heterocycles. The van der Waals surface area contributed by atoms with Gasteiger partial charge in [-0.15, -0.1) is 0 Å². The van der Waals surface area contributed by atoms with Gasteiger partial charge in [0.1, 0.15) is 6.04 Å². The maximum absolute atomic E-state index is 11.7. The lowest BCUT2D eigenvalue weighted by Gasteiger charge is -2.22. The average molecular weight is 255 g/mol. The largest absolute Gasteiger partial charge is 0.480 e. The topological polar surface area (TPSA) is 107 Å². The van der Waals surface area contributed by atoms with E-state index in [2.05, 4.69) is 5.10 Å². The maximum atomic E-state index is 11.7. The number of nitrogens with two attached hydrogens (primary N) is 1. The quantitative estimate of drug-likeness (QED) is 0.734. The molecule has 18 heavy (non-hydrogen) atoms. The van der Waals surface area contributed by atoms with Crippen LogP contribution in [0.25, 0.3) is 0 Å². The van der Waals surface area contributed by atoms with Crippen LogP contribution in [0.15, 0.2) is 12.3 Å². The van der Waals surface area contributed by atoms with Crippen LogP contribution in [0.2, 0.25) is 0 Å². The second-order valence-electron chi connectivity index (χ2n) is 4.23. The molecule has 0 bridgehead atoms. The lowest BCUT2D eigenvalue weighted by atomic mass is 10.0. The second-order valence-corrected chi connectivity index (χ2v) is 4.23. The molecule has 0 amide bonds. The van der Waals surface area contributed by atoms with Crippen LogP contribution in [0.1, 0.15) is 31.6 Å². The number of aromatic nitrogens is 2. The Morgan fingerprint density at radius 1 is 1.50 bits per heavy atom. The number of methoxy groups -OCH3 is 1. The highest BCUT2D eigenvalue weighted by atomic mass is 16.5. The number of hydrogen-bond acceptors (Lipinski definition) is 5. The number of carboxylic acid groups (broad SMARTS) is 1. The van der Waals surface area contributed by atoms with Crippen molar-refractivity contribution in [1.29, 1.82) is 0 Å². The summed E-state index contributed by atoms with van der Waals surface area (Å²) < 4.78 is 6.02. The number of hydrogen-bond donors (Lipinski definition) is 2. The lowest BCUT2D eigenvalue weighted by molar-refractivity contribution is -0.147. The number of carbonyl (C=O) groups excluding carboxylic acids is 1. The SMILES string of the molecule is COC(=O)[C@H](C(C)C)n1nccc1[C@@H](N)C(=O)O. The van der Waals surface area contributed by atoms with Crippen molar-refractivity contribution in [3.63, 3.8) is 0 Å². The van der Waals surface area contributed by atoms with Gasteiger partial charge in [-0.05, 0) is 12.0 Å². The monoisotopic (exact) mass is 255 g/mol. The Labute approximate surface area is 105 Å². The van der Waals surface area contributed by atoms with Gasteiger partial charge in [0.05, 0.1) is 12.8 Å². The van der Waals surface area contributed by atoms with E-state index in [4.69, 9.17) is 15.6 Å². The van der Waals surface area contributed by atoms with Gasteiger partial charge in [0.2, 0.25) is 0 Å². The summed E-state index contributed by atoms with van der Waals surface area (Å²) in [6.45, 7) is 3.64. The first-order valence-corrected chi connectivity index (χ1v) is 5.49. The van der Waals surface area contributed by atoms with Crippen LogP contribution in [0.3, 0.4) is 0 Å². The fraction of sp³-hybridized carbons (Fsp3) is 0.545. The van der Waals surface area contributed by atoms with Crippen LogP contribution in [-0.4, -0.2) is 33.9 Å². The maximum Gasteiger partial charge on any atom is 0.330 e. The number of carbonyl (C=O) groups is 2. The van der Waals surface area contributed by atoms with Gasteiger partial charge >= 0.3 is 11.9 Å². The standard InChI is InChI=1S/C11H17N3O4/c1-6(2)9(11(17)18-3)14-7(4-5-13-14)8(12)10(15)16/h4-6,8-9H,12H2,1-3H3,(H,15,16)/t8-,9+/m1/s1. The van der Waals surface area contributed by atoms with E-state index in [1.54, 1.807) is 0 Å². The molecular weight excluding hydrogens is 238 g/mol. The van der Waals surface area contributed by atoms with Gasteiger partial charge in [0.15, 0.2) is 6.04 Å². The van der Waals surface area contributed by atoms with E-state index in [-0.39, 0.29) is 11.6 Å². The van der Waals surface area contributed by atoms with Gasteiger partial charge in [-0.25, -0.2) is 4.79 Å². The van der Waals surface area contributed by atoms with Crippen molar-refractivity contribution in [2.75, 3.05) is 7.11 Å². The molecule has 0 spiro atoms. The molecule has 3 N–H and O–H groups in total. The minimum atomic E-state index is -1.22. The fourth-order valence-corrected chi connectivity index (χ4v) is 1.70. The normalized spacial score (nSPS) is 14.3. The van der Waals surface area contributed by atoms with Crippen LogP contribution < -0.4 is 5.73 Å². The minimum absolute atomic E-state index is 0.0999. The summed E-state index contributed by atoms with van der Waals surface area (Å²) in [5.74, 6) is -1.76. The number of esters is 1. The first-order valence-electron chi connectivity index (χ1n) is 5.49. The van der Waals surface area contributed by atoms with E-state index in [0.29, 0.717) is 0 Å². The van der Waals surface area contributed by atoms with E-state index >= 15 is 0 Å². The zero-order valence-electron chi connectivity index (χ0n) is 10.5. The van der Waals surface area contributed by atoms with E-state index in [0.717, 1.165) is 0 Å². The molecule has 0 fully saturated rings. The summed E-state index contributed by atoms with van der Waals surface area (Å²) in [5, 5.41) is 12.9. The van der Waals surface area contributed by atoms with Crippen LogP contribution in [-0.2, 0) is 14.3 Å². The average Bonchev–Trinajstić information content (AvgIpc) is 2.76. The van der Waals surface area contributed by atoms with Crippen molar-refractivity contribution in [3.05, 3.63) is 18.0 Å². The Balaban J connectivity index is 3.18. The predicted molar refractivity (Wildman–Crippen MR) is 62.7 cm³/mol. The van der Waals surface area contributed by atoms with Crippen molar-refractivity contribution >= 4 is 11.9 Å². The molecule has 7 heteroatoms. The van der Waals surface area contributed by atoms with Crippen LogP contribution in [0.5, 0.6) is 0 Å². The molecule has 100 valence electrons. The van der Waals surface area contributed by atoms with Gasteiger partial charge in [0.25, 0.3) is 0 Å². The van der Waals surface area contributed by atoms with Gasteiger partial charge < -0.3 is 15.6 Å². The van der Waals surface area contributed by atoms with Crippen LogP contribution in [0.4, 0.5) is 0 Å². The zero-order valence-corrected chi connectivity index (χ0v) is 10.5. The number of rotatable bonds is 5. The first kappa shape index (κ1) is 14.2. The Hall–Kier alpha value is -1.89. The minimum Gasteiger partial charge on any atom is -0.480 e. The smallest absolute Gasteiger partial charge is 0.330 e. The van der Waals surface area contributed by atoms with Gasteiger partial charge in [0, 0.05) is 6.20 Å². The first-order chi connectivity index (χ1) is 8.40. The Kier molecular flexibility index (Phi) is 4.43. The molecular formula is C11H17N3O4. The molecule has 1 aromatic heterocycles. The third-order valence-corrected chi connectivity index (χ3v) is 2.62. The third kappa shape index (κ3) is 2.67. The molecule has 2 atom stereocenters. The number of carboxylic acids is 1. The van der Waals surface area contributed by atoms with Gasteiger partial charge in [-0.2, -0.15) is 5.10 Å². The molecule has 0 aliphatic rings. The van der Waals surface area contributed by atoms with E-state index in [1.807, 2.05) is 13.8 Å². The molecule has 0 aromatic carbocycles. The molecule has 1 rings (SSSR count). The third-order valence-electron chi connectivity index (χ3n) is 2.62. The molecule has 1 aromatic rings. The van der Waals surface area contributed by atoms with Crippen molar-refractivity contribution in [2.45, 2.75) is 25.9 Å². The van der Waals surface area contributed by atoms with Crippen molar-refractivity contribution in [3.8, 4) is 0 Å². The van der Waals surface area contributed by atoms with Crippen LogP contribution in [0, 0.1) is 5.92 Å². The number of aliphatic carboxylic acids is 1. The summed E-state index contributed by atoms with van der Waals surface area (Å²) in [6.07, 6.45) is 1.41. The highest BCUT2D eigenvalue weighted by Crippen LogP contribution is 2.23. The Morgan fingerprint density at radius 2 is 2.11 bits per heavy atom. The summed E-state index contributed by atoms with van der Waals surface area (Å²) >= 11 is 0. The molecule has 0 unspecified atom stereocenters.